The van der Waals surface area contributed by atoms with E-state index in [1.807, 2.05) is 0 Å². The van der Waals surface area contributed by atoms with E-state index >= 15 is 0 Å². The molecule has 0 heterocycles. The highest BCUT2D eigenvalue weighted by Crippen LogP contribution is 2.21. The van der Waals surface area contributed by atoms with Gasteiger partial charge in [-0.2, -0.15) is 0 Å². The molecule has 1 rings (SSSR count). The molecule has 0 fully saturated rings. The van der Waals surface area contributed by atoms with Crippen LogP contribution >= 0.6 is 11.6 Å². The van der Waals surface area contributed by atoms with Gasteiger partial charge in [0.25, 0.3) is 0 Å². The molecule has 0 amide bonds. The summed E-state index contributed by atoms with van der Waals surface area (Å²) in [5.41, 5.74) is 8.00. The fourth-order valence-corrected chi connectivity index (χ4v) is 2.57. The molecule has 6 nitrogen and oxygen atoms in total. The molecule has 1 aromatic carbocycles. The van der Waals surface area contributed by atoms with Gasteiger partial charge in [-0.3, -0.25) is 0 Å². The van der Waals surface area contributed by atoms with Crippen molar-refractivity contribution in [3.05, 3.63) is 39.5 Å². The molecule has 0 unspecified atom stereocenters. The molecule has 0 aliphatic heterocycles. The highest BCUT2D eigenvalue weighted by atomic mass is 35.5. The van der Waals surface area contributed by atoms with Gasteiger partial charge in [-0.25, -0.2) is 17.5 Å². The molecule has 1 aromatic rings. The van der Waals surface area contributed by atoms with Gasteiger partial charge in [-0.05, 0) is 23.7 Å². The van der Waals surface area contributed by atoms with Gasteiger partial charge >= 0.3 is 0 Å². The third-order valence-electron chi connectivity index (χ3n) is 1.75. The Labute approximate surface area is 102 Å². The number of nitrogens with zero attached hydrogens (tertiary/aromatic N) is 3. The first-order valence-corrected chi connectivity index (χ1v) is 6.29. The number of azide groups is 1. The highest BCUT2D eigenvalue weighted by molar-refractivity contribution is 7.89. The van der Waals surface area contributed by atoms with E-state index in [0.717, 1.165) is 18.2 Å². The maximum Gasteiger partial charge on any atom is 0.242 e. The summed E-state index contributed by atoms with van der Waals surface area (Å²) < 4.78 is 38.4. The van der Waals surface area contributed by atoms with Gasteiger partial charge in [0, 0.05) is 18.0 Å². The second-order valence-corrected chi connectivity index (χ2v) is 5.07. The Balaban J connectivity index is 2.89. The Hall–Kier alpha value is -1.34. The second-order valence-electron chi connectivity index (χ2n) is 2.93. The minimum atomic E-state index is -3.90. The van der Waals surface area contributed by atoms with E-state index in [9.17, 15) is 12.8 Å². The standard InChI is InChI=1S/C8H8ClFN4O2S/c9-7-2-1-6(10)5-8(7)17(15,16)13-4-3-12-14-11/h1-2,5,13H,3-4H2. The lowest BCUT2D eigenvalue weighted by atomic mass is 10.3. The average Bonchev–Trinajstić information content (AvgIpc) is 2.28. The van der Waals surface area contributed by atoms with Crippen molar-refractivity contribution in [2.45, 2.75) is 4.90 Å². The number of sulfonamides is 1. The van der Waals surface area contributed by atoms with Gasteiger partial charge in [0.1, 0.15) is 10.7 Å². The van der Waals surface area contributed by atoms with Crippen LogP contribution in [-0.4, -0.2) is 21.5 Å². The SMILES string of the molecule is [N-]=[N+]=NCCNS(=O)(=O)c1cc(F)ccc1Cl. The van der Waals surface area contributed by atoms with Crippen LogP contribution in [-0.2, 0) is 10.0 Å². The van der Waals surface area contributed by atoms with Crippen LogP contribution in [0.2, 0.25) is 5.02 Å². The number of hydrogen-bond acceptors (Lipinski definition) is 3. The Bertz CT molecular complexity index is 557. The van der Waals surface area contributed by atoms with Gasteiger partial charge in [0.05, 0.1) is 5.02 Å². The largest absolute Gasteiger partial charge is 0.242 e. The summed E-state index contributed by atoms with van der Waals surface area (Å²) in [4.78, 5) is 2.12. The van der Waals surface area contributed by atoms with Crippen LogP contribution in [0.4, 0.5) is 4.39 Å². The molecule has 0 atom stereocenters. The molecule has 17 heavy (non-hydrogen) atoms. The van der Waals surface area contributed by atoms with Crippen molar-refractivity contribution in [2.75, 3.05) is 13.1 Å². The van der Waals surface area contributed by atoms with E-state index in [4.69, 9.17) is 17.1 Å². The van der Waals surface area contributed by atoms with Crippen LogP contribution in [0, 0.1) is 5.82 Å². The van der Waals surface area contributed by atoms with Crippen molar-refractivity contribution in [1.82, 2.24) is 4.72 Å². The number of benzene rings is 1. The molecule has 0 aliphatic rings. The van der Waals surface area contributed by atoms with Gasteiger partial charge < -0.3 is 0 Å². The zero-order chi connectivity index (χ0) is 12.9. The summed E-state index contributed by atoms with van der Waals surface area (Å²) in [5.74, 6) is -0.704. The van der Waals surface area contributed by atoms with Crippen LogP contribution in [0.5, 0.6) is 0 Å². The highest BCUT2D eigenvalue weighted by Gasteiger charge is 2.17. The number of rotatable bonds is 5. The monoisotopic (exact) mass is 278 g/mol. The van der Waals surface area contributed by atoms with Crippen molar-refractivity contribution < 1.29 is 12.8 Å². The molecule has 0 saturated carbocycles. The van der Waals surface area contributed by atoms with E-state index in [0.29, 0.717) is 0 Å². The van der Waals surface area contributed by atoms with E-state index in [1.165, 1.54) is 0 Å². The molecule has 0 radical (unpaired) electrons. The second kappa shape index (κ2) is 5.83. The number of halogens is 2. The third kappa shape index (κ3) is 3.86. The Morgan fingerprint density at radius 1 is 1.53 bits per heavy atom. The average molecular weight is 279 g/mol. The van der Waals surface area contributed by atoms with E-state index in [-0.39, 0.29) is 23.0 Å². The van der Waals surface area contributed by atoms with Crippen LogP contribution in [0.1, 0.15) is 0 Å². The molecular formula is C8H8ClFN4O2S. The molecule has 0 spiro atoms. The van der Waals surface area contributed by atoms with Crippen LogP contribution in [0.25, 0.3) is 10.4 Å². The van der Waals surface area contributed by atoms with Crippen molar-refractivity contribution in [2.24, 2.45) is 5.11 Å². The summed E-state index contributed by atoms with van der Waals surface area (Å²) in [6.45, 7) is -0.123. The minimum Gasteiger partial charge on any atom is -0.211 e. The molecule has 0 saturated heterocycles. The fourth-order valence-electron chi connectivity index (χ4n) is 1.04. The first kappa shape index (κ1) is 13.7. The topological polar surface area (TPSA) is 94.9 Å². The number of hydrogen-bond donors (Lipinski definition) is 1. The predicted octanol–water partition coefficient (Wildman–Crippen LogP) is 2.07. The Morgan fingerprint density at radius 2 is 2.24 bits per heavy atom. The molecule has 9 heteroatoms. The maximum absolute atomic E-state index is 12.9. The Kier molecular flexibility index (Phi) is 4.71. The predicted molar refractivity (Wildman–Crippen MR) is 60.6 cm³/mol. The van der Waals surface area contributed by atoms with Crippen molar-refractivity contribution in [3.63, 3.8) is 0 Å². The lowest BCUT2D eigenvalue weighted by molar-refractivity contribution is 0.578. The Morgan fingerprint density at radius 3 is 2.88 bits per heavy atom. The fraction of sp³-hybridized carbons (Fsp3) is 0.250. The molecule has 0 bridgehead atoms. The van der Waals surface area contributed by atoms with Gasteiger partial charge in [0.2, 0.25) is 10.0 Å². The summed E-state index contributed by atoms with van der Waals surface area (Å²) in [7, 11) is -3.90. The molecule has 0 aromatic heterocycles. The van der Waals surface area contributed by atoms with Gasteiger partial charge in [0.15, 0.2) is 0 Å². The maximum atomic E-state index is 12.9. The van der Waals surface area contributed by atoms with Gasteiger partial charge in [-0.15, -0.1) is 0 Å². The third-order valence-corrected chi connectivity index (χ3v) is 3.69. The first-order valence-electron chi connectivity index (χ1n) is 4.43. The first-order chi connectivity index (χ1) is 7.97. The normalized spacial score (nSPS) is 10.9. The number of nitrogens with one attached hydrogen (secondary N) is 1. The van der Waals surface area contributed by atoms with Crippen molar-refractivity contribution >= 4 is 21.6 Å². The van der Waals surface area contributed by atoms with Crippen molar-refractivity contribution in [3.8, 4) is 0 Å². The van der Waals surface area contributed by atoms with Crippen molar-refractivity contribution in [1.29, 1.82) is 0 Å². The zero-order valence-corrected chi connectivity index (χ0v) is 10.0. The van der Waals surface area contributed by atoms with E-state index in [1.54, 1.807) is 0 Å². The summed E-state index contributed by atoms with van der Waals surface area (Å²) in [5, 5.41) is 3.07. The summed E-state index contributed by atoms with van der Waals surface area (Å²) in [6, 6.07) is 3.03. The molecule has 92 valence electrons. The lowest BCUT2D eigenvalue weighted by Gasteiger charge is -2.07. The van der Waals surface area contributed by atoms with Crippen LogP contribution in [0.3, 0.4) is 0 Å². The van der Waals surface area contributed by atoms with Crippen LogP contribution < -0.4 is 4.72 Å². The molecular weight excluding hydrogens is 271 g/mol. The summed E-state index contributed by atoms with van der Waals surface area (Å²) in [6.07, 6.45) is 0. The lowest BCUT2D eigenvalue weighted by Crippen LogP contribution is -2.26. The smallest absolute Gasteiger partial charge is 0.211 e. The quantitative estimate of drug-likeness (QED) is 0.386. The van der Waals surface area contributed by atoms with E-state index in [2.05, 4.69) is 14.7 Å². The van der Waals surface area contributed by atoms with Crippen LogP contribution in [0.15, 0.2) is 28.2 Å². The zero-order valence-electron chi connectivity index (χ0n) is 8.47. The molecule has 0 aliphatic carbocycles. The van der Waals surface area contributed by atoms with Gasteiger partial charge in [-0.1, -0.05) is 16.7 Å². The minimum absolute atomic E-state index is 0.0390. The van der Waals surface area contributed by atoms with E-state index < -0.39 is 15.8 Å². The summed E-state index contributed by atoms with van der Waals surface area (Å²) >= 11 is 5.65. The molecule has 1 N–H and O–H groups in total.